The molecule has 1 aromatic carbocycles. The van der Waals surface area contributed by atoms with Crippen molar-refractivity contribution in [3.63, 3.8) is 0 Å². The van der Waals surface area contributed by atoms with Crippen LogP contribution in [0.1, 0.15) is 28.4 Å². The zero-order valence-electron chi connectivity index (χ0n) is 11.6. The average molecular weight is 274 g/mol. The van der Waals surface area contributed by atoms with Crippen LogP contribution in [0.3, 0.4) is 0 Å². The monoisotopic (exact) mass is 274 g/mol. The van der Waals surface area contributed by atoms with Gasteiger partial charge in [0.1, 0.15) is 11.6 Å². The van der Waals surface area contributed by atoms with Crippen molar-refractivity contribution in [2.45, 2.75) is 20.3 Å². The van der Waals surface area contributed by atoms with E-state index < -0.39 is 0 Å². The van der Waals surface area contributed by atoms with Gasteiger partial charge in [0.2, 0.25) is 0 Å². The fraction of sp³-hybridized carbons (Fsp3) is 0.357. The molecule has 20 heavy (non-hydrogen) atoms. The highest BCUT2D eigenvalue weighted by molar-refractivity contribution is 5.94. The summed E-state index contributed by atoms with van der Waals surface area (Å²) >= 11 is 0. The quantitative estimate of drug-likeness (QED) is 0.797. The van der Waals surface area contributed by atoms with Crippen molar-refractivity contribution in [3.05, 3.63) is 41.5 Å². The first kappa shape index (κ1) is 14.2. The van der Waals surface area contributed by atoms with Gasteiger partial charge in [-0.05, 0) is 44.5 Å². The number of carbonyl (C=O) groups excluding carboxylic acids is 1. The number of carbonyl (C=O) groups is 1. The molecule has 0 atom stereocenters. The molecule has 1 amide bonds. The molecular formula is C14H18N4O2. The molecule has 0 spiro atoms. The lowest BCUT2D eigenvalue weighted by Gasteiger charge is -2.06. The lowest BCUT2D eigenvalue weighted by molar-refractivity contribution is 0.0951. The Morgan fingerprint density at radius 1 is 1.30 bits per heavy atom. The molecule has 0 aliphatic heterocycles. The predicted molar refractivity (Wildman–Crippen MR) is 74.9 cm³/mol. The first-order chi connectivity index (χ1) is 9.61. The lowest BCUT2D eigenvalue weighted by Crippen LogP contribution is -2.24. The maximum absolute atomic E-state index is 11.8. The molecule has 6 nitrogen and oxygen atoms in total. The summed E-state index contributed by atoms with van der Waals surface area (Å²) in [5.74, 6) is 1.38. The van der Waals surface area contributed by atoms with Crippen molar-refractivity contribution < 1.29 is 9.90 Å². The third kappa shape index (κ3) is 3.21. The van der Waals surface area contributed by atoms with Crippen molar-refractivity contribution >= 4 is 5.91 Å². The van der Waals surface area contributed by atoms with E-state index in [1.165, 1.54) is 0 Å². The van der Waals surface area contributed by atoms with Gasteiger partial charge < -0.3 is 10.4 Å². The van der Waals surface area contributed by atoms with E-state index in [4.69, 9.17) is 5.11 Å². The van der Waals surface area contributed by atoms with Crippen molar-refractivity contribution in [3.8, 4) is 5.69 Å². The van der Waals surface area contributed by atoms with Crippen LogP contribution in [0, 0.1) is 13.8 Å². The maximum Gasteiger partial charge on any atom is 0.251 e. The summed E-state index contributed by atoms with van der Waals surface area (Å²) in [4.78, 5) is 16.1. The van der Waals surface area contributed by atoms with Crippen LogP contribution in [0.25, 0.3) is 5.69 Å². The molecule has 1 aromatic heterocycles. The molecule has 0 fully saturated rings. The van der Waals surface area contributed by atoms with Crippen LogP contribution in [0.4, 0.5) is 0 Å². The van der Waals surface area contributed by atoms with Crippen LogP contribution >= 0.6 is 0 Å². The van der Waals surface area contributed by atoms with Gasteiger partial charge in [-0.1, -0.05) is 0 Å². The van der Waals surface area contributed by atoms with Gasteiger partial charge in [-0.15, -0.1) is 0 Å². The average Bonchev–Trinajstić information content (AvgIpc) is 2.78. The SMILES string of the molecule is Cc1nc(C)n(-c2ccc(C(=O)NCCCO)cc2)n1. The summed E-state index contributed by atoms with van der Waals surface area (Å²) in [7, 11) is 0. The summed E-state index contributed by atoms with van der Waals surface area (Å²) in [6, 6.07) is 7.17. The Hall–Kier alpha value is -2.21. The maximum atomic E-state index is 11.8. The van der Waals surface area contributed by atoms with E-state index in [1.54, 1.807) is 16.8 Å². The number of nitrogens with zero attached hydrogens (tertiary/aromatic N) is 3. The molecule has 1 heterocycles. The number of hydrogen-bond acceptors (Lipinski definition) is 4. The number of aliphatic hydroxyl groups excluding tert-OH is 1. The second-order valence-corrected chi connectivity index (χ2v) is 4.50. The van der Waals surface area contributed by atoms with Crippen molar-refractivity contribution in [2.24, 2.45) is 0 Å². The molecule has 0 saturated heterocycles. The minimum atomic E-state index is -0.142. The third-order valence-corrected chi connectivity index (χ3v) is 2.87. The normalized spacial score (nSPS) is 10.6. The molecule has 0 bridgehead atoms. The van der Waals surface area contributed by atoms with Gasteiger partial charge in [-0.3, -0.25) is 4.79 Å². The molecule has 0 aliphatic carbocycles. The van der Waals surface area contributed by atoms with Crippen molar-refractivity contribution in [1.82, 2.24) is 20.1 Å². The standard InChI is InChI=1S/C14H18N4O2/c1-10-16-11(2)18(17-10)13-6-4-12(5-7-13)14(20)15-8-3-9-19/h4-7,19H,3,8-9H2,1-2H3,(H,15,20). The molecule has 6 heteroatoms. The second-order valence-electron chi connectivity index (χ2n) is 4.50. The van der Waals surface area contributed by atoms with Crippen LogP contribution < -0.4 is 5.32 Å². The number of aryl methyl sites for hydroxylation is 2. The Balaban J connectivity index is 2.10. The summed E-state index contributed by atoms with van der Waals surface area (Å²) in [5, 5.41) is 15.7. The Morgan fingerprint density at radius 2 is 2.00 bits per heavy atom. The van der Waals surface area contributed by atoms with Crippen LogP contribution in [-0.2, 0) is 0 Å². The van der Waals surface area contributed by atoms with Gasteiger partial charge in [-0.25, -0.2) is 9.67 Å². The van der Waals surface area contributed by atoms with Gasteiger partial charge in [0.05, 0.1) is 5.69 Å². The van der Waals surface area contributed by atoms with E-state index in [2.05, 4.69) is 15.4 Å². The third-order valence-electron chi connectivity index (χ3n) is 2.87. The van der Waals surface area contributed by atoms with E-state index in [9.17, 15) is 4.79 Å². The minimum absolute atomic E-state index is 0.0736. The van der Waals surface area contributed by atoms with Crippen molar-refractivity contribution in [1.29, 1.82) is 0 Å². The fourth-order valence-electron chi connectivity index (χ4n) is 1.90. The van der Waals surface area contributed by atoms with Gasteiger partial charge >= 0.3 is 0 Å². The fourth-order valence-corrected chi connectivity index (χ4v) is 1.90. The summed E-state index contributed by atoms with van der Waals surface area (Å²) in [6.45, 7) is 4.27. The highest BCUT2D eigenvalue weighted by Gasteiger charge is 2.07. The molecule has 106 valence electrons. The molecule has 2 aromatic rings. The Labute approximate surface area is 117 Å². The van der Waals surface area contributed by atoms with Gasteiger partial charge in [0.25, 0.3) is 5.91 Å². The largest absolute Gasteiger partial charge is 0.396 e. The number of benzene rings is 1. The zero-order valence-corrected chi connectivity index (χ0v) is 11.6. The highest BCUT2D eigenvalue weighted by atomic mass is 16.3. The number of nitrogens with one attached hydrogen (secondary N) is 1. The van der Waals surface area contributed by atoms with Crippen LogP contribution in [0.5, 0.6) is 0 Å². The summed E-state index contributed by atoms with van der Waals surface area (Å²) in [6.07, 6.45) is 0.557. The molecule has 2 rings (SSSR count). The topological polar surface area (TPSA) is 80.0 Å². The molecule has 0 unspecified atom stereocenters. The van der Waals surface area contributed by atoms with E-state index in [0.717, 1.165) is 11.5 Å². The van der Waals surface area contributed by atoms with E-state index in [-0.39, 0.29) is 12.5 Å². The first-order valence-electron chi connectivity index (χ1n) is 6.51. The van der Waals surface area contributed by atoms with Crippen LogP contribution in [0.2, 0.25) is 0 Å². The molecule has 2 N–H and O–H groups in total. The number of aromatic nitrogens is 3. The Kier molecular flexibility index (Phi) is 4.47. The van der Waals surface area contributed by atoms with Gasteiger partial charge in [0, 0.05) is 18.7 Å². The smallest absolute Gasteiger partial charge is 0.251 e. The molecule has 0 radical (unpaired) electrons. The number of amides is 1. The van der Waals surface area contributed by atoms with E-state index in [0.29, 0.717) is 24.4 Å². The number of hydrogen-bond donors (Lipinski definition) is 2. The van der Waals surface area contributed by atoms with E-state index in [1.807, 2.05) is 26.0 Å². The highest BCUT2D eigenvalue weighted by Crippen LogP contribution is 2.11. The predicted octanol–water partition coefficient (Wildman–Crippen LogP) is 0.996. The number of rotatable bonds is 5. The van der Waals surface area contributed by atoms with Crippen LogP contribution in [0.15, 0.2) is 24.3 Å². The summed E-state index contributed by atoms with van der Waals surface area (Å²) in [5.41, 5.74) is 1.45. The van der Waals surface area contributed by atoms with Gasteiger partial charge in [-0.2, -0.15) is 5.10 Å². The Bertz CT molecular complexity index is 590. The number of aliphatic hydroxyl groups is 1. The Morgan fingerprint density at radius 3 is 2.55 bits per heavy atom. The van der Waals surface area contributed by atoms with Gasteiger partial charge in [0.15, 0.2) is 0 Å². The lowest BCUT2D eigenvalue weighted by atomic mass is 10.2. The first-order valence-corrected chi connectivity index (χ1v) is 6.51. The van der Waals surface area contributed by atoms with Crippen molar-refractivity contribution in [2.75, 3.05) is 13.2 Å². The minimum Gasteiger partial charge on any atom is -0.396 e. The van der Waals surface area contributed by atoms with E-state index >= 15 is 0 Å². The molecule has 0 saturated carbocycles. The zero-order chi connectivity index (χ0) is 14.5. The molecule has 0 aliphatic rings. The second kappa shape index (κ2) is 6.29. The molecular weight excluding hydrogens is 256 g/mol. The summed E-state index contributed by atoms with van der Waals surface area (Å²) < 4.78 is 1.74. The van der Waals surface area contributed by atoms with Crippen LogP contribution in [-0.4, -0.2) is 38.9 Å².